The molecule has 0 bridgehead atoms. The van der Waals surface area contributed by atoms with E-state index in [-0.39, 0.29) is 11.9 Å². The van der Waals surface area contributed by atoms with Gasteiger partial charge in [0.15, 0.2) is 5.76 Å². The van der Waals surface area contributed by atoms with Crippen LogP contribution < -0.4 is 4.74 Å². The van der Waals surface area contributed by atoms with Crippen molar-refractivity contribution in [2.24, 2.45) is 0 Å². The van der Waals surface area contributed by atoms with Gasteiger partial charge < -0.3 is 14.2 Å². The zero-order valence-electron chi connectivity index (χ0n) is 14.3. The molecule has 5 heteroatoms. The summed E-state index contributed by atoms with van der Waals surface area (Å²) in [6.07, 6.45) is 3.18. The minimum absolute atomic E-state index is 0.0213. The quantitative estimate of drug-likeness (QED) is 0.814. The second kappa shape index (κ2) is 7.51. The van der Waals surface area contributed by atoms with E-state index >= 15 is 0 Å². The van der Waals surface area contributed by atoms with Crippen LogP contribution in [0.4, 0.5) is 0 Å². The summed E-state index contributed by atoms with van der Waals surface area (Å²) in [5.74, 6) is 1.78. The number of aryl methyl sites for hydroxylation is 1. The van der Waals surface area contributed by atoms with E-state index in [4.69, 9.17) is 9.26 Å². The molecule has 1 fully saturated rings. The Bertz CT molecular complexity index is 678. The zero-order chi connectivity index (χ0) is 16.9. The predicted molar refractivity (Wildman–Crippen MR) is 90.9 cm³/mol. The lowest BCUT2D eigenvalue weighted by Crippen LogP contribution is -2.31. The Morgan fingerprint density at radius 3 is 2.79 bits per heavy atom. The van der Waals surface area contributed by atoms with Gasteiger partial charge in [-0.15, -0.1) is 0 Å². The maximum absolute atomic E-state index is 12.7. The van der Waals surface area contributed by atoms with E-state index in [1.807, 2.05) is 49.1 Å². The number of likely N-dealkylation sites (tertiary alicyclic amines) is 1. The largest absolute Gasteiger partial charge is 0.494 e. The van der Waals surface area contributed by atoms with Crippen LogP contribution >= 0.6 is 0 Å². The molecule has 0 saturated carbocycles. The van der Waals surface area contributed by atoms with Crippen LogP contribution in [0.15, 0.2) is 34.9 Å². The predicted octanol–water partition coefficient (Wildman–Crippen LogP) is 3.54. The van der Waals surface area contributed by atoms with Crippen LogP contribution in [-0.2, 0) is 17.6 Å². The summed E-state index contributed by atoms with van der Waals surface area (Å²) < 4.78 is 10.9. The summed E-state index contributed by atoms with van der Waals surface area (Å²) >= 11 is 0. The number of hydrogen-bond acceptors (Lipinski definition) is 4. The van der Waals surface area contributed by atoms with Gasteiger partial charge in [0.05, 0.1) is 24.8 Å². The van der Waals surface area contributed by atoms with Crippen LogP contribution in [0.2, 0.25) is 0 Å². The fraction of sp³-hybridized carbons (Fsp3) is 0.474. The molecule has 1 aliphatic heterocycles. The molecule has 1 saturated heterocycles. The Kier molecular flexibility index (Phi) is 5.18. The molecular weight excluding hydrogens is 304 g/mol. The van der Waals surface area contributed by atoms with E-state index in [0.29, 0.717) is 13.0 Å². The van der Waals surface area contributed by atoms with Gasteiger partial charge in [0.25, 0.3) is 0 Å². The van der Waals surface area contributed by atoms with Crippen molar-refractivity contribution >= 4 is 5.91 Å². The average molecular weight is 328 g/mol. The molecule has 128 valence electrons. The van der Waals surface area contributed by atoms with Crippen molar-refractivity contribution in [2.45, 2.75) is 45.6 Å². The molecule has 0 N–H and O–H groups in total. The first kappa shape index (κ1) is 16.6. The third kappa shape index (κ3) is 3.61. The van der Waals surface area contributed by atoms with Crippen LogP contribution in [0.5, 0.6) is 5.75 Å². The molecule has 0 spiro atoms. The molecular formula is C19H24N2O3. The molecule has 2 heterocycles. The van der Waals surface area contributed by atoms with Crippen LogP contribution in [-0.4, -0.2) is 29.1 Å². The number of hydrogen-bond donors (Lipinski definition) is 0. The van der Waals surface area contributed by atoms with Crippen molar-refractivity contribution in [1.82, 2.24) is 10.1 Å². The Balaban J connectivity index is 1.66. The van der Waals surface area contributed by atoms with Crippen LogP contribution in [0, 0.1) is 0 Å². The molecule has 2 aromatic rings. The molecule has 1 aromatic carbocycles. The highest BCUT2D eigenvalue weighted by molar-refractivity contribution is 5.79. The molecule has 0 unspecified atom stereocenters. The molecule has 5 nitrogen and oxygen atoms in total. The molecule has 1 atom stereocenters. The van der Waals surface area contributed by atoms with Gasteiger partial charge in [-0.1, -0.05) is 24.2 Å². The molecule has 0 radical (unpaired) electrons. The van der Waals surface area contributed by atoms with Crippen LogP contribution in [0.25, 0.3) is 0 Å². The van der Waals surface area contributed by atoms with E-state index in [2.05, 4.69) is 5.16 Å². The third-order valence-electron chi connectivity index (χ3n) is 4.43. The minimum Gasteiger partial charge on any atom is -0.494 e. The Morgan fingerprint density at radius 2 is 2.12 bits per heavy atom. The number of carbonyl (C=O) groups excluding carboxylic acids is 1. The van der Waals surface area contributed by atoms with E-state index in [1.54, 1.807) is 0 Å². The summed E-state index contributed by atoms with van der Waals surface area (Å²) in [7, 11) is 0. The first-order valence-electron chi connectivity index (χ1n) is 8.68. The van der Waals surface area contributed by atoms with Crippen molar-refractivity contribution in [3.63, 3.8) is 0 Å². The Morgan fingerprint density at radius 1 is 1.33 bits per heavy atom. The van der Waals surface area contributed by atoms with Gasteiger partial charge in [0.2, 0.25) is 5.91 Å². The maximum atomic E-state index is 12.7. The van der Waals surface area contributed by atoms with Gasteiger partial charge in [-0.2, -0.15) is 0 Å². The normalized spacial score (nSPS) is 17.2. The fourth-order valence-corrected chi connectivity index (χ4v) is 3.16. The molecule has 1 aliphatic rings. The number of aromatic nitrogens is 1. The minimum atomic E-state index is 0.0213. The molecule has 24 heavy (non-hydrogen) atoms. The van der Waals surface area contributed by atoms with Gasteiger partial charge in [0, 0.05) is 12.6 Å². The Labute approximate surface area is 142 Å². The van der Waals surface area contributed by atoms with Gasteiger partial charge in [-0.25, -0.2) is 0 Å². The lowest BCUT2D eigenvalue weighted by molar-refractivity contribution is -0.131. The summed E-state index contributed by atoms with van der Waals surface area (Å²) in [5, 5.41) is 4.06. The zero-order valence-corrected chi connectivity index (χ0v) is 14.3. The van der Waals surface area contributed by atoms with E-state index in [0.717, 1.165) is 48.6 Å². The molecule has 0 aliphatic carbocycles. The van der Waals surface area contributed by atoms with Crippen LogP contribution in [0.1, 0.15) is 49.7 Å². The second-order valence-electron chi connectivity index (χ2n) is 6.07. The van der Waals surface area contributed by atoms with E-state index in [9.17, 15) is 4.79 Å². The molecule has 3 rings (SSSR count). The maximum Gasteiger partial charge on any atom is 0.227 e. The molecule has 1 amide bonds. The summed E-state index contributed by atoms with van der Waals surface area (Å²) in [6.45, 7) is 5.43. The standard InChI is InChI=1S/C19H24N2O3/c1-3-15-13-18(24-20-15)17-6-5-11-21(17)19(22)12-14-7-9-16(10-8-14)23-4-2/h7-10,13,17H,3-6,11-12H2,1-2H3/t17-/m0/s1. The highest BCUT2D eigenvalue weighted by atomic mass is 16.5. The number of carbonyl (C=O) groups is 1. The van der Waals surface area contributed by atoms with E-state index in [1.165, 1.54) is 0 Å². The number of benzene rings is 1. The van der Waals surface area contributed by atoms with Crippen LogP contribution in [0.3, 0.4) is 0 Å². The Hall–Kier alpha value is -2.30. The van der Waals surface area contributed by atoms with Crippen molar-refractivity contribution in [3.8, 4) is 5.75 Å². The summed E-state index contributed by atoms with van der Waals surface area (Å²) in [4.78, 5) is 14.6. The van der Waals surface area contributed by atoms with Crippen molar-refractivity contribution in [2.75, 3.05) is 13.2 Å². The number of nitrogens with zero attached hydrogens (tertiary/aromatic N) is 2. The second-order valence-corrected chi connectivity index (χ2v) is 6.07. The summed E-state index contributed by atoms with van der Waals surface area (Å²) in [6, 6.07) is 9.74. The number of ether oxygens (including phenoxy) is 1. The van der Waals surface area contributed by atoms with Gasteiger partial charge in [-0.05, 0) is 43.9 Å². The topological polar surface area (TPSA) is 55.6 Å². The SMILES string of the molecule is CCOc1ccc(CC(=O)N2CCC[C@H]2c2cc(CC)no2)cc1. The highest BCUT2D eigenvalue weighted by Crippen LogP contribution is 2.33. The van der Waals surface area contributed by atoms with Gasteiger partial charge in [-0.3, -0.25) is 4.79 Å². The first-order valence-corrected chi connectivity index (χ1v) is 8.68. The van der Waals surface area contributed by atoms with Crippen molar-refractivity contribution in [3.05, 3.63) is 47.3 Å². The van der Waals surface area contributed by atoms with Gasteiger partial charge in [0.1, 0.15) is 5.75 Å². The third-order valence-corrected chi connectivity index (χ3v) is 4.43. The lowest BCUT2D eigenvalue weighted by Gasteiger charge is -2.22. The van der Waals surface area contributed by atoms with Gasteiger partial charge >= 0.3 is 0 Å². The average Bonchev–Trinajstić information content (AvgIpc) is 3.25. The number of rotatable bonds is 6. The summed E-state index contributed by atoms with van der Waals surface area (Å²) in [5.41, 5.74) is 1.94. The number of amides is 1. The lowest BCUT2D eigenvalue weighted by atomic mass is 10.1. The highest BCUT2D eigenvalue weighted by Gasteiger charge is 2.32. The van der Waals surface area contributed by atoms with Crippen molar-refractivity contribution in [1.29, 1.82) is 0 Å². The smallest absolute Gasteiger partial charge is 0.227 e. The van der Waals surface area contributed by atoms with Crippen molar-refractivity contribution < 1.29 is 14.1 Å². The monoisotopic (exact) mass is 328 g/mol. The van der Waals surface area contributed by atoms with E-state index < -0.39 is 0 Å². The fourth-order valence-electron chi connectivity index (χ4n) is 3.16. The molecule has 1 aromatic heterocycles. The first-order chi connectivity index (χ1) is 11.7.